The van der Waals surface area contributed by atoms with Crippen molar-refractivity contribution in [2.75, 3.05) is 13.7 Å². The second kappa shape index (κ2) is 4.93. The molecule has 90 valence electrons. The highest BCUT2D eigenvalue weighted by molar-refractivity contribution is 5.11. The molecule has 1 aromatic rings. The van der Waals surface area contributed by atoms with Crippen LogP contribution in [0.2, 0.25) is 0 Å². The van der Waals surface area contributed by atoms with Crippen molar-refractivity contribution in [3.05, 3.63) is 11.4 Å². The van der Waals surface area contributed by atoms with Crippen molar-refractivity contribution in [2.45, 2.75) is 38.8 Å². The standard InChI is InChI=1S/C11H20N4O/c1-8(9-3-4-9)15-11(7-16-2)10(5-6-12)13-14-15/h8-9H,3-7,12H2,1-2H3. The average Bonchev–Trinajstić information content (AvgIpc) is 3.05. The van der Waals surface area contributed by atoms with Crippen LogP contribution in [0.25, 0.3) is 0 Å². The molecule has 5 heteroatoms. The Kier molecular flexibility index (Phi) is 3.56. The quantitative estimate of drug-likeness (QED) is 0.779. The van der Waals surface area contributed by atoms with Crippen molar-refractivity contribution < 1.29 is 4.74 Å². The third kappa shape index (κ3) is 2.25. The molecule has 1 aliphatic rings. The van der Waals surface area contributed by atoms with Crippen LogP contribution >= 0.6 is 0 Å². The highest BCUT2D eigenvalue weighted by Gasteiger charge is 2.31. The van der Waals surface area contributed by atoms with Crippen LogP contribution in [-0.2, 0) is 17.8 Å². The normalized spacial score (nSPS) is 17.7. The maximum absolute atomic E-state index is 5.57. The smallest absolute Gasteiger partial charge is 0.0900 e. The van der Waals surface area contributed by atoms with Crippen LogP contribution < -0.4 is 5.73 Å². The summed E-state index contributed by atoms with van der Waals surface area (Å²) < 4.78 is 7.24. The van der Waals surface area contributed by atoms with Gasteiger partial charge in [-0.05, 0) is 32.2 Å². The Labute approximate surface area is 96.0 Å². The van der Waals surface area contributed by atoms with Gasteiger partial charge in [0.05, 0.1) is 24.0 Å². The van der Waals surface area contributed by atoms with Crippen molar-refractivity contribution in [3.8, 4) is 0 Å². The molecule has 0 saturated heterocycles. The van der Waals surface area contributed by atoms with Crippen LogP contribution in [0.15, 0.2) is 0 Å². The largest absolute Gasteiger partial charge is 0.378 e. The SMILES string of the molecule is COCc1c(CCN)nnn1C(C)C1CC1. The van der Waals surface area contributed by atoms with Gasteiger partial charge in [0.2, 0.25) is 0 Å². The van der Waals surface area contributed by atoms with E-state index in [1.165, 1.54) is 12.8 Å². The van der Waals surface area contributed by atoms with E-state index in [4.69, 9.17) is 10.5 Å². The number of rotatable bonds is 6. The van der Waals surface area contributed by atoms with Crippen LogP contribution in [0.3, 0.4) is 0 Å². The predicted octanol–water partition coefficient (Wildman–Crippen LogP) is 0.897. The van der Waals surface area contributed by atoms with Gasteiger partial charge in [-0.1, -0.05) is 5.21 Å². The lowest BCUT2D eigenvalue weighted by molar-refractivity contribution is 0.172. The molecule has 0 radical (unpaired) electrons. The molecule has 5 nitrogen and oxygen atoms in total. The highest BCUT2D eigenvalue weighted by atomic mass is 16.5. The second-order valence-corrected chi connectivity index (χ2v) is 4.48. The monoisotopic (exact) mass is 224 g/mol. The van der Waals surface area contributed by atoms with E-state index in [1.807, 2.05) is 4.68 Å². The Morgan fingerprint density at radius 2 is 2.31 bits per heavy atom. The van der Waals surface area contributed by atoms with Gasteiger partial charge in [0.25, 0.3) is 0 Å². The summed E-state index contributed by atoms with van der Waals surface area (Å²) in [6.07, 6.45) is 3.38. The molecule has 16 heavy (non-hydrogen) atoms. The molecule has 0 aromatic carbocycles. The maximum atomic E-state index is 5.57. The number of aromatic nitrogens is 3. The molecular formula is C11H20N4O. The molecule has 0 amide bonds. The summed E-state index contributed by atoms with van der Waals surface area (Å²) in [6, 6.07) is 0.434. The third-order valence-corrected chi connectivity index (χ3v) is 3.22. The summed E-state index contributed by atoms with van der Waals surface area (Å²) in [4.78, 5) is 0. The molecule has 1 aliphatic carbocycles. The molecule has 1 unspecified atom stereocenters. The molecule has 2 rings (SSSR count). The van der Waals surface area contributed by atoms with Gasteiger partial charge in [-0.25, -0.2) is 4.68 Å². The zero-order chi connectivity index (χ0) is 11.5. The van der Waals surface area contributed by atoms with Gasteiger partial charge in [-0.3, -0.25) is 0 Å². The number of nitrogens with two attached hydrogens (primary N) is 1. The van der Waals surface area contributed by atoms with Crippen LogP contribution in [0.4, 0.5) is 0 Å². The molecule has 0 aliphatic heterocycles. The summed E-state index contributed by atoms with van der Waals surface area (Å²) in [5.74, 6) is 0.767. The molecule has 1 aromatic heterocycles. The lowest BCUT2D eigenvalue weighted by Gasteiger charge is -2.13. The van der Waals surface area contributed by atoms with Gasteiger partial charge in [0, 0.05) is 13.5 Å². The Morgan fingerprint density at radius 1 is 1.56 bits per heavy atom. The van der Waals surface area contributed by atoms with E-state index in [-0.39, 0.29) is 0 Å². The van der Waals surface area contributed by atoms with E-state index in [9.17, 15) is 0 Å². The van der Waals surface area contributed by atoms with Crippen LogP contribution in [-0.4, -0.2) is 28.6 Å². The number of methoxy groups -OCH3 is 1. The minimum Gasteiger partial charge on any atom is -0.378 e. The molecule has 0 bridgehead atoms. The summed E-state index contributed by atoms with van der Waals surface area (Å²) in [5, 5.41) is 8.45. The van der Waals surface area contributed by atoms with Gasteiger partial charge in [0.1, 0.15) is 0 Å². The second-order valence-electron chi connectivity index (χ2n) is 4.48. The van der Waals surface area contributed by atoms with Gasteiger partial charge in [-0.2, -0.15) is 0 Å². The first-order valence-electron chi connectivity index (χ1n) is 5.89. The summed E-state index contributed by atoms with van der Waals surface area (Å²) in [6.45, 7) is 3.38. The Morgan fingerprint density at radius 3 is 2.88 bits per heavy atom. The number of ether oxygens (including phenoxy) is 1. The maximum Gasteiger partial charge on any atom is 0.0900 e. The summed E-state index contributed by atoms with van der Waals surface area (Å²) >= 11 is 0. The van der Waals surface area contributed by atoms with E-state index in [2.05, 4.69) is 17.2 Å². The molecule has 2 N–H and O–H groups in total. The fourth-order valence-electron chi connectivity index (χ4n) is 2.07. The van der Waals surface area contributed by atoms with Gasteiger partial charge in [-0.15, -0.1) is 5.10 Å². The lowest BCUT2D eigenvalue weighted by atomic mass is 10.2. The lowest BCUT2D eigenvalue weighted by Crippen LogP contribution is -2.14. The van der Waals surface area contributed by atoms with E-state index in [1.54, 1.807) is 7.11 Å². The summed E-state index contributed by atoms with van der Waals surface area (Å²) in [7, 11) is 1.70. The molecule has 1 fully saturated rings. The van der Waals surface area contributed by atoms with Crippen LogP contribution in [0.1, 0.15) is 37.2 Å². The number of nitrogens with zero attached hydrogens (tertiary/aromatic N) is 3. The minimum atomic E-state index is 0.434. The fourth-order valence-corrected chi connectivity index (χ4v) is 2.07. The van der Waals surface area contributed by atoms with Crippen LogP contribution in [0, 0.1) is 5.92 Å². The summed E-state index contributed by atoms with van der Waals surface area (Å²) in [5.41, 5.74) is 7.64. The van der Waals surface area contributed by atoms with E-state index in [0.29, 0.717) is 19.2 Å². The third-order valence-electron chi connectivity index (χ3n) is 3.22. The van der Waals surface area contributed by atoms with Crippen molar-refractivity contribution in [1.82, 2.24) is 15.0 Å². The Hall–Kier alpha value is -0.940. The van der Waals surface area contributed by atoms with Gasteiger partial charge in [0.15, 0.2) is 0 Å². The van der Waals surface area contributed by atoms with Crippen molar-refractivity contribution in [3.63, 3.8) is 0 Å². The molecule has 1 saturated carbocycles. The number of hydrogen-bond acceptors (Lipinski definition) is 4. The van der Waals surface area contributed by atoms with E-state index >= 15 is 0 Å². The topological polar surface area (TPSA) is 66.0 Å². The first kappa shape index (κ1) is 11.5. The minimum absolute atomic E-state index is 0.434. The average molecular weight is 224 g/mol. The van der Waals surface area contributed by atoms with Crippen molar-refractivity contribution in [1.29, 1.82) is 0 Å². The molecule has 1 atom stereocenters. The number of hydrogen-bond donors (Lipinski definition) is 1. The highest BCUT2D eigenvalue weighted by Crippen LogP contribution is 2.39. The van der Waals surface area contributed by atoms with Gasteiger partial charge >= 0.3 is 0 Å². The van der Waals surface area contributed by atoms with Gasteiger partial charge < -0.3 is 10.5 Å². The predicted molar refractivity (Wildman–Crippen MR) is 60.9 cm³/mol. The molecule has 0 spiro atoms. The zero-order valence-corrected chi connectivity index (χ0v) is 10.0. The first-order valence-corrected chi connectivity index (χ1v) is 5.89. The Balaban J connectivity index is 2.21. The van der Waals surface area contributed by atoms with Crippen molar-refractivity contribution >= 4 is 0 Å². The molecular weight excluding hydrogens is 204 g/mol. The van der Waals surface area contributed by atoms with Crippen LogP contribution in [0.5, 0.6) is 0 Å². The van der Waals surface area contributed by atoms with E-state index in [0.717, 1.165) is 23.7 Å². The van der Waals surface area contributed by atoms with Crippen molar-refractivity contribution in [2.24, 2.45) is 11.7 Å². The fraction of sp³-hybridized carbons (Fsp3) is 0.818. The van der Waals surface area contributed by atoms with E-state index < -0.39 is 0 Å². The first-order chi connectivity index (χ1) is 7.77. The Bertz CT molecular complexity index is 346. The molecule has 1 heterocycles. The zero-order valence-electron chi connectivity index (χ0n) is 10.0.